The molecule has 0 saturated heterocycles. The summed E-state index contributed by atoms with van der Waals surface area (Å²) >= 11 is 0. The van der Waals surface area contributed by atoms with E-state index in [4.69, 9.17) is 5.73 Å². The monoisotopic (exact) mass is 333 g/mol. The van der Waals surface area contributed by atoms with E-state index >= 15 is 0 Å². The largest absolute Gasteiger partial charge is 0.399 e. The van der Waals surface area contributed by atoms with E-state index in [9.17, 15) is 0 Å². The van der Waals surface area contributed by atoms with Gasteiger partial charge in [0.15, 0.2) is 0 Å². The zero-order valence-electron chi connectivity index (χ0n) is 14.4. The van der Waals surface area contributed by atoms with Gasteiger partial charge < -0.3 is 5.73 Å². The predicted molar refractivity (Wildman–Crippen MR) is 110 cm³/mol. The summed E-state index contributed by atoms with van der Waals surface area (Å²) in [5.41, 5.74) is 17.4. The number of benzene rings is 4. The van der Waals surface area contributed by atoms with Gasteiger partial charge in [-0.1, -0.05) is 78.9 Å². The second-order valence-corrected chi connectivity index (χ2v) is 6.84. The molecule has 0 bridgehead atoms. The van der Waals surface area contributed by atoms with Gasteiger partial charge in [0.25, 0.3) is 0 Å². The Kier molecular flexibility index (Phi) is 3.39. The highest BCUT2D eigenvalue weighted by molar-refractivity contribution is 5.93. The molecule has 1 heteroatoms. The van der Waals surface area contributed by atoms with Crippen LogP contribution in [0.2, 0.25) is 0 Å². The van der Waals surface area contributed by atoms with Crippen LogP contribution >= 0.6 is 0 Å². The van der Waals surface area contributed by atoms with Gasteiger partial charge in [0.1, 0.15) is 0 Å². The van der Waals surface area contributed by atoms with Crippen LogP contribution in [-0.2, 0) is 6.42 Å². The molecular formula is C25H19N. The van der Waals surface area contributed by atoms with Gasteiger partial charge in [-0.15, -0.1) is 0 Å². The third-order valence-corrected chi connectivity index (χ3v) is 5.25. The molecule has 2 N–H and O–H groups in total. The van der Waals surface area contributed by atoms with E-state index in [1.165, 1.54) is 44.5 Å². The van der Waals surface area contributed by atoms with Crippen molar-refractivity contribution < 1.29 is 0 Å². The van der Waals surface area contributed by atoms with Gasteiger partial charge in [-0.3, -0.25) is 0 Å². The Balaban J connectivity index is 1.80. The van der Waals surface area contributed by atoms with Crippen molar-refractivity contribution in [3.63, 3.8) is 0 Å². The lowest BCUT2D eigenvalue weighted by atomic mass is 9.88. The topological polar surface area (TPSA) is 26.0 Å². The fraction of sp³-hybridized carbons (Fsp3) is 0.0400. The van der Waals surface area contributed by atoms with E-state index in [0.29, 0.717) is 0 Å². The van der Waals surface area contributed by atoms with Crippen LogP contribution in [0.1, 0.15) is 11.1 Å². The van der Waals surface area contributed by atoms with Crippen LogP contribution in [0.15, 0.2) is 91.0 Å². The molecule has 1 nitrogen and oxygen atoms in total. The Morgan fingerprint density at radius 3 is 1.92 bits per heavy atom. The molecule has 0 unspecified atom stereocenters. The smallest absolute Gasteiger partial charge is 0.0317 e. The summed E-state index contributed by atoms with van der Waals surface area (Å²) < 4.78 is 0. The molecule has 1 aliphatic rings. The lowest BCUT2D eigenvalue weighted by Gasteiger charge is -2.16. The number of nitrogen functional groups attached to an aromatic ring is 1. The highest BCUT2D eigenvalue weighted by atomic mass is 14.5. The SMILES string of the molecule is Nc1ccc2c(c1)Cc1c-2ccc(-c2ccccc2)c1-c1ccccc1. The van der Waals surface area contributed by atoms with E-state index in [2.05, 4.69) is 84.9 Å². The van der Waals surface area contributed by atoms with Gasteiger partial charge in [-0.25, -0.2) is 0 Å². The number of fused-ring (bicyclic) bond motifs is 3. The third-order valence-electron chi connectivity index (χ3n) is 5.25. The summed E-state index contributed by atoms with van der Waals surface area (Å²) in [7, 11) is 0. The first-order valence-electron chi connectivity index (χ1n) is 8.97. The molecule has 26 heavy (non-hydrogen) atoms. The minimum absolute atomic E-state index is 0.834. The number of rotatable bonds is 2. The number of nitrogens with two attached hydrogens (primary N) is 1. The summed E-state index contributed by atoms with van der Waals surface area (Å²) in [4.78, 5) is 0. The van der Waals surface area contributed by atoms with Crippen molar-refractivity contribution >= 4 is 5.69 Å². The molecule has 124 valence electrons. The van der Waals surface area contributed by atoms with E-state index in [0.717, 1.165) is 12.1 Å². The van der Waals surface area contributed by atoms with Crippen molar-refractivity contribution in [2.45, 2.75) is 6.42 Å². The van der Waals surface area contributed by atoms with Gasteiger partial charge in [0.05, 0.1) is 0 Å². The number of anilines is 1. The second-order valence-electron chi connectivity index (χ2n) is 6.84. The summed E-state index contributed by atoms with van der Waals surface area (Å²) in [5, 5.41) is 0. The molecule has 1 aliphatic carbocycles. The minimum Gasteiger partial charge on any atom is -0.399 e. The first-order chi connectivity index (χ1) is 12.8. The first kappa shape index (κ1) is 15.0. The first-order valence-corrected chi connectivity index (χ1v) is 8.97. The number of hydrogen-bond donors (Lipinski definition) is 1. The normalized spacial score (nSPS) is 11.8. The van der Waals surface area contributed by atoms with E-state index in [1.54, 1.807) is 0 Å². The van der Waals surface area contributed by atoms with Crippen LogP contribution < -0.4 is 5.73 Å². The molecule has 4 aromatic carbocycles. The molecule has 0 saturated carbocycles. The standard InChI is InChI=1S/C25H19N/c26-20-11-12-21-19(15-20)16-24-23(21)14-13-22(17-7-3-1-4-8-17)25(24)18-9-5-2-6-10-18/h1-15H,16,26H2. The van der Waals surface area contributed by atoms with Gasteiger partial charge in [-0.2, -0.15) is 0 Å². The molecule has 0 aromatic heterocycles. The van der Waals surface area contributed by atoms with Crippen molar-refractivity contribution in [2.75, 3.05) is 5.73 Å². The molecular weight excluding hydrogens is 314 g/mol. The van der Waals surface area contributed by atoms with Gasteiger partial charge in [-0.05, 0) is 63.1 Å². The maximum atomic E-state index is 6.04. The lowest BCUT2D eigenvalue weighted by Crippen LogP contribution is -1.93. The number of hydrogen-bond acceptors (Lipinski definition) is 1. The van der Waals surface area contributed by atoms with Crippen LogP contribution in [0.4, 0.5) is 5.69 Å². The van der Waals surface area contributed by atoms with Crippen molar-refractivity contribution in [3.05, 3.63) is 102 Å². The molecule has 0 aliphatic heterocycles. The van der Waals surface area contributed by atoms with E-state index in [-0.39, 0.29) is 0 Å². The lowest BCUT2D eigenvalue weighted by molar-refractivity contribution is 1.26. The zero-order valence-corrected chi connectivity index (χ0v) is 14.4. The summed E-state index contributed by atoms with van der Waals surface area (Å²) in [6.07, 6.45) is 0.931. The van der Waals surface area contributed by atoms with Crippen LogP contribution in [-0.4, -0.2) is 0 Å². The fourth-order valence-electron chi connectivity index (χ4n) is 4.09. The molecule has 0 heterocycles. The van der Waals surface area contributed by atoms with Crippen LogP contribution in [0.25, 0.3) is 33.4 Å². The zero-order chi connectivity index (χ0) is 17.5. The molecule has 0 fully saturated rings. The Bertz CT molecular complexity index is 1100. The molecule has 4 aromatic rings. The highest BCUT2D eigenvalue weighted by Crippen LogP contribution is 2.46. The van der Waals surface area contributed by atoms with Crippen molar-refractivity contribution in [1.82, 2.24) is 0 Å². The van der Waals surface area contributed by atoms with Crippen molar-refractivity contribution in [2.24, 2.45) is 0 Å². The predicted octanol–water partition coefficient (Wildman–Crippen LogP) is 6.17. The summed E-state index contributed by atoms with van der Waals surface area (Å²) in [5.74, 6) is 0. The maximum Gasteiger partial charge on any atom is 0.0317 e. The Labute approximate surface area is 153 Å². The third kappa shape index (κ3) is 2.33. The minimum atomic E-state index is 0.834. The van der Waals surface area contributed by atoms with Crippen molar-refractivity contribution in [1.29, 1.82) is 0 Å². The van der Waals surface area contributed by atoms with Gasteiger partial charge in [0, 0.05) is 5.69 Å². The Hall–Kier alpha value is -3.32. The van der Waals surface area contributed by atoms with Gasteiger partial charge >= 0.3 is 0 Å². The highest BCUT2D eigenvalue weighted by Gasteiger charge is 2.24. The average Bonchev–Trinajstić information content (AvgIpc) is 3.06. The van der Waals surface area contributed by atoms with E-state index < -0.39 is 0 Å². The van der Waals surface area contributed by atoms with Gasteiger partial charge in [0.2, 0.25) is 0 Å². The molecule has 0 atom stereocenters. The van der Waals surface area contributed by atoms with Crippen LogP contribution in [0, 0.1) is 0 Å². The van der Waals surface area contributed by atoms with E-state index in [1.807, 2.05) is 6.07 Å². The molecule has 0 spiro atoms. The molecule has 0 radical (unpaired) electrons. The molecule has 0 amide bonds. The Morgan fingerprint density at radius 2 is 1.19 bits per heavy atom. The molecule has 5 rings (SSSR count). The maximum absolute atomic E-state index is 6.04. The van der Waals surface area contributed by atoms with Crippen LogP contribution in [0.5, 0.6) is 0 Å². The Morgan fingerprint density at radius 1 is 0.577 bits per heavy atom. The van der Waals surface area contributed by atoms with Crippen LogP contribution in [0.3, 0.4) is 0 Å². The van der Waals surface area contributed by atoms with Crippen molar-refractivity contribution in [3.8, 4) is 33.4 Å². The quantitative estimate of drug-likeness (QED) is 0.384. The fourth-order valence-corrected chi connectivity index (χ4v) is 4.09. The average molecular weight is 333 g/mol. The summed E-state index contributed by atoms with van der Waals surface area (Å²) in [6, 6.07) is 32.2. The summed E-state index contributed by atoms with van der Waals surface area (Å²) in [6.45, 7) is 0. The second kappa shape index (κ2) is 5.89.